The molecule has 1 aliphatic rings. The first-order valence-corrected chi connectivity index (χ1v) is 16.4. The third-order valence-electron chi connectivity index (χ3n) is 9.55. The largest absolute Gasteiger partial charge is 0.289 e. The Kier molecular flexibility index (Phi) is 7.31. The van der Waals surface area contributed by atoms with Gasteiger partial charge in [-0.3, -0.25) is 4.79 Å². The smallest absolute Gasteiger partial charge is 0.193 e. The average molecular weight is 630 g/mol. The van der Waals surface area contributed by atoms with Gasteiger partial charge in [0.1, 0.15) is 11.6 Å². The molecule has 4 nitrogen and oxygen atoms in total. The van der Waals surface area contributed by atoms with Gasteiger partial charge in [0.15, 0.2) is 11.6 Å². The van der Waals surface area contributed by atoms with Gasteiger partial charge >= 0.3 is 0 Å². The number of aromatic nitrogens is 2. The lowest BCUT2D eigenvalue weighted by Crippen LogP contribution is -2.30. The molecular formula is C45H31N3O. The summed E-state index contributed by atoms with van der Waals surface area (Å²) >= 11 is 0. The summed E-state index contributed by atoms with van der Waals surface area (Å²) in [5.41, 5.74) is 11.7. The zero-order chi connectivity index (χ0) is 33.5. The van der Waals surface area contributed by atoms with Gasteiger partial charge in [-0.05, 0) is 51.6 Å². The molecule has 6 aromatic carbocycles. The summed E-state index contributed by atoms with van der Waals surface area (Å²) in [6, 6.07) is 52.8. The minimum absolute atomic E-state index is 0.0720. The fraction of sp³-hybridized carbons (Fsp3) is 0.0667. The summed E-state index contributed by atoms with van der Waals surface area (Å²) in [5, 5.41) is 10.3. The average Bonchev–Trinajstić information content (AvgIpc) is 3.17. The minimum atomic E-state index is -0.269. The van der Waals surface area contributed by atoms with Crippen molar-refractivity contribution in [3.8, 4) is 62.2 Å². The van der Waals surface area contributed by atoms with Crippen LogP contribution in [0.25, 0.3) is 56.2 Å². The van der Waals surface area contributed by atoms with Crippen LogP contribution in [0.2, 0.25) is 0 Å². The highest BCUT2D eigenvalue weighted by Gasteiger charge is 2.36. The number of ketones is 1. The van der Waals surface area contributed by atoms with Crippen molar-refractivity contribution in [3.05, 3.63) is 179 Å². The highest BCUT2D eigenvalue weighted by Crippen LogP contribution is 2.42. The SMILES string of the molecule is CC1(C)c2ccccc2C(=O)c2cc(-c3cccc(-c4cccc(-c5nc(-c6ccccc6)c(C#N)c(-c6ccccc6)n5)c4)c3)ccc21. The van der Waals surface area contributed by atoms with Crippen LogP contribution >= 0.6 is 0 Å². The molecule has 4 heteroatoms. The van der Waals surface area contributed by atoms with Crippen LogP contribution in [-0.2, 0) is 5.41 Å². The molecule has 0 N–H and O–H groups in total. The van der Waals surface area contributed by atoms with Crippen LogP contribution in [0, 0.1) is 11.3 Å². The summed E-state index contributed by atoms with van der Waals surface area (Å²) in [4.78, 5) is 23.6. The molecule has 8 rings (SSSR count). The Bertz CT molecular complexity index is 2380. The molecule has 232 valence electrons. The third-order valence-corrected chi connectivity index (χ3v) is 9.55. The number of hydrogen-bond donors (Lipinski definition) is 0. The number of hydrogen-bond acceptors (Lipinski definition) is 4. The van der Waals surface area contributed by atoms with Crippen LogP contribution in [0.5, 0.6) is 0 Å². The Morgan fingerprint density at radius 2 is 0.959 bits per heavy atom. The normalized spacial score (nSPS) is 12.9. The second-order valence-corrected chi connectivity index (χ2v) is 12.9. The van der Waals surface area contributed by atoms with Crippen molar-refractivity contribution in [2.75, 3.05) is 0 Å². The van der Waals surface area contributed by atoms with Crippen LogP contribution in [0.15, 0.2) is 152 Å². The topological polar surface area (TPSA) is 66.6 Å². The molecule has 0 bridgehead atoms. The number of fused-ring (bicyclic) bond motifs is 2. The van der Waals surface area contributed by atoms with Gasteiger partial charge in [-0.25, -0.2) is 9.97 Å². The molecule has 1 heterocycles. The second kappa shape index (κ2) is 12.0. The molecule has 0 spiro atoms. The Balaban J connectivity index is 1.20. The van der Waals surface area contributed by atoms with Crippen molar-refractivity contribution in [1.82, 2.24) is 9.97 Å². The summed E-state index contributed by atoms with van der Waals surface area (Å²) in [6.07, 6.45) is 0. The predicted molar refractivity (Wildman–Crippen MR) is 196 cm³/mol. The fourth-order valence-electron chi connectivity index (χ4n) is 6.99. The van der Waals surface area contributed by atoms with E-state index in [4.69, 9.17) is 9.97 Å². The number of carbonyl (C=O) groups is 1. The fourth-order valence-corrected chi connectivity index (χ4v) is 6.99. The quantitative estimate of drug-likeness (QED) is 0.190. The lowest BCUT2D eigenvalue weighted by molar-refractivity contribution is 0.103. The molecular weight excluding hydrogens is 599 g/mol. The van der Waals surface area contributed by atoms with Gasteiger partial charge in [0, 0.05) is 33.2 Å². The maximum atomic E-state index is 13.7. The van der Waals surface area contributed by atoms with Crippen molar-refractivity contribution in [1.29, 1.82) is 5.26 Å². The number of benzene rings is 6. The van der Waals surface area contributed by atoms with Crippen molar-refractivity contribution < 1.29 is 4.79 Å². The van der Waals surface area contributed by atoms with Crippen molar-refractivity contribution in [3.63, 3.8) is 0 Å². The molecule has 0 aliphatic heterocycles. The number of rotatable bonds is 5. The van der Waals surface area contributed by atoms with Gasteiger partial charge in [0.05, 0.1) is 11.4 Å². The van der Waals surface area contributed by atoms with E-state index in [2.05, 4.69) is 74.5 Å². The van der Waals surface area contributed by atoms with Gasteiger partial charge in [-0.1, -0.05) is 147 Å². The van der Waals surface area contributed by atoms with Crippen LogP contribution < -0.4 is 0 Å². The Hall–Kier alpha value is -6.44. The second-order valence-electron chi connectivity index (χ2n) is 12.9. The van der Waals surface area contributed by atoms with E-state index < -0.39 is 0 Å². The monoisotopic (exact) mass is 629 g/mol. The molecule has 0 amide bonds. The number of nitrogens with zero attached hydrogens (tertiary/aromatic N) is 3. The highest BCUT2D eigenvalue weighted by atomic mass is 16.1. The Labute approximate surface area is 286 Å². The maximum absolute atomic E-state index is 13.7. The Morgan fingerprint density at radius 3 is 1.55 bits per heavy atom. The molecule has 1 aliphatic carbocycles. The van der Waals surface area contributed by atoms with Crippen LogP contribution in [0.1, 0.15) is 46.5 Å². The molecule has 0 radical (unpaired) electrons. The van der Waals surface area contributed by atoms with Gasteiger partial charge < -0.3 is 0 Å². The van der Waals surface area contributed by atoms with Crippen LogP contribution in [0.3, 0.4) is 0 Å². The molecule has 1 aromatic heterocycles. The Morgan fingerprint density at radius 1 is 0.490 bits per heavy atom. The van der Waals surface area contributed by atoms with Gasteiger partial charge in [0.2, 0.25) is 0 Å². The van der Waals surface area contributed by atoms with Crippen LogP contribution in [0.4, 0.5) is 0 Å². The zero-order valence-corrected chi connectivity index (χ0v) is 27.2. The van der Waals surface area contributed by atoms with E-state index in [0.717, 1.165) is 61.2 Å². The van der Waals surface area contributed by atoms with E-state index in [9.17, 15) is 10.1 Å². The standard InChI is InChI=1S/C45H31N3O/c1-45(2)39-22-10-9-21-36(39)43(49)37-27-34(23-24-40(37)45)32-18-11-17-31(25-32)33-19-12-20-35(26-33)44-47-41(29-13-5-3-6-14-29)38(28-46)42(48-44)30-15-7-4-8-16-30/h3-27H,1-2H3. The van der Waals surface area contributed by atoms with Crippen LogP contribution in [-0.4, -0.2) is 15.8 Å². The summed E-state index contributed by atoms with van der Waals surface area (Å²) in [7, 11) is 0. The first kappa shape index (κ1) is 29.9. The first-order chi connectivity index (χ1) is 23.9. The number of carbonyl (C=O) groups excluding carboxylic acids is 1. The van der Waals surface area contributed by atoms with E-state index in [0.29, 0.717) is 22.8 Å². The van der Waals surface area contributed by atoms with Crippen molar-refractivity contribution >= 4 is 5.78 Å². The van der Waals surface area contributed by atoms with Crippen molar-refractivity contribution in [2.45, 2.75) is 19.3 Å². The third kappa shape index (κ3) is 5.23. The minimum Gasteiger partial charge on any atom is -0.289 e. The van der Waals surface area contributed by atoms with E-state index in [-0.39, 0.29) is 11.2 Å². The number of nitriles is 1. The summed E-state index contributed by atoms with van der Waals surface area (Å²) < 4.78 is 0. The predicted octanol–water partition coefficient (Wildman–Crippen LogP) is 10.6. The van der Waals surface area contributed by atoms with Gasteiger partial charge in [-0.15, -0.1) is 0 Å². The van der Waals surface area contributed by atoms with E-state index in [1.54, 1.807) is 0 Å². The summed E-state index contributed by atoms with van der Waals surface area (Å²) in [5.74, 6) is 0.619. The maximum Gasteiger partial charge on any atom is 0.193 e. The van der Waals surface area contributed by atoms with E-state index >= 15 is 0 Å². The molecule has 0 unspecified atom stereocenters. The first-order valence-electron chi connectivity index (χ1n) is 16.4. The lowest BCUT2D eigenvalue weighted by atomic mass is 9.68. The van der Waals surface area contributed by atoms with E-state index in [1.165, 1.54) is 0 Å². The highest BCUT2D eigenvalue weighted by molar-refractivity contribution is 6.13. The lowest BCUT2D eigenvalue weighted by Gasteiger charge is -2.34. The van der Waals surface area contributed by atoms with Gasteiger partial charge in [-0.2, -0.15) is 5.26 Å². The summed E-state index contributed by atoms with van der Waals surface area (Å²) in [6.45, 7) is 4.38. The van der Waals surface area contributed by atoms with E-state index in [1.807, 2.05) is 97.1 Å². The molecule has 0 fully saturated rings. The molecule has 0 saturated carbocycles. The zero-order valence-electron chi connectivity index (χ0n) is 27.2. The molecule has 7 aromatic rings. The molecule has 0 atom stereocenters. The van der Waals surface area contributed by atoms with Gasteiger partial charge in [0.25, 0.3) is 0 Å². The molecule has 0 saturated heterocycles. The van der Waals surface area contributed by atoms with Crippen molar-refractivity contribution in [2.24, 2.45) is 0 Å². The molecule has 49 heavy (non-hydrogen) atoms.